The number of hydrogen-bond donors (Lipinski definition) is 1. The summed E-state index contributed by atoms with van der Waals surface area (Å²) in [7, 11) is 2.70. The van der Waals surface area contributed by atoms with E-state index in [0.29, 0.717) is 19.4 Å². The highest BCUT2D eigenvalue weighted by Crippen LogP contribution is 1.92. The van der Waals surface area contributed by atoms with Crippen LogP contribution in [-0.4, -0.2) is 38.7 Å². The Bertz CT molecular complexity index is 193. The summed E-state index contributed by atoms with van der Waals surface area (Å²) in [6.07, 6.45) is 1.01. The molecule has 0 fully saturated rings. The van der Waals surface area contributed by atoms with Crippen molar-refractivity contribution >= 4 is 11.9 Å². The van der Waals surface area contributed by atoms with Crippen molar-refractivity contribution in [2.75, 3.05) is 20.8 Å². The molecule has 0 rings (SSSR count). The number of ether oxygens (including phenoxy) is 2. The highest BCUT2D eigenvalue weighted by atomic mass is 16.5. The first-order valence-electron chi connectivity index (χ1n) is 4.49. The van der Waals surface area contributed by atoms with Gasteiger partial charge < -0.3 is 14.8 Å². The first-order valence-corrected chi connectivity index (χ1v) is 4.49. The largest absolute Gasteiger partial charge is 0.469 e. The van der Waals surface area contributed by atoms with Crippen molar-refractivity contribution in [1.82, 2.24) is 5.32 Å². The minimum absolute atomic E-state index is 0.238. The zero-order chi connectivity index (χ0) is 11.0. The molecular weight excluding hydrogens is 186 g/mol. The quantitative estimate of drug-likeness (QED) is 0.489. The lowest BCUT2D eigenvalue weighted by molar-refractivity contribution is -0.142. The molecule has 0 spiro atoms. The Labute approximate surface area is 83.8 Å². The Morgan fingerprint density at radius 2 is 1.93 bits per heavy atom. The van der Waals surface area contributed by atoms with Gasteiger partial charge in [0, 0.05) is 6.42 Å². The van der Waals surface area contributed by atoms with E-state index in [-0.39, 0.29) is 18.0 Å². The minimum Gasteiger partial charge on any atom is -0.469 e. The number of hydrogen-bond acceptors (Lipinski definition) is 5. The van der Waals surface area contributed by atoms with Crippen LogP contribution < -0.4 is 5.32 Å². The maximum atomic E-state index is 10.9. The van der Waals surface area contributed by atoms with Crippen LogP contribution in [0.1, 0.15) is 19.8 Å². The molecule has 0 aromatic heterocycles. The normalized spacial score (nSPS) is 11.9. The molecule has 0 aliphatic heterocycles. The molecule has 0 amide bonds. The first-order chi connectivity index (χ1) is 6.61. The molecule has 0 aromatic carbocycles. The van der Waals surface area contributed by atoms with Crippen molar-refractivity contribution in [2.24, 2.45) is 0 Å². The summed E-state index contributed by atoms with van der Waals surface area (Å²) in [5, 5.41) is 2.93. The van der Waals surface area contributed by atoms with Gasteiger partial charge in [-0.2, -0.15) is 0 Å². The van der Waals surface area contributed by atoms with Gasteiger partial charge in [-0.1, -0.05) is 0 Å². The lowest BCUT2D eigenvalue weighted by atomic mass is 10.3. The fraction of sp³-hybridized carbons (Fsp3) is 0.778. The molecule has 0 heterocycles. The van der Waals surface area contributed by atoms with Crippen LogP contribution in [-0.2, 0) is 19.1 Å². The molecule has 1 unspecified atom stereocenters. The van der Waals surface area contributed by atoms with Crippen LogP contribution >= 0.6 is 0 Å². The van der Waals surface area contributed by atoms with E-state index in [1.807, 2.05) is 0 Å². The van der Waals surface area contributed by atoms with Gasteiger partial charge in [0.15, 0.2) is 0 Å². The van der Waals surface area contributed by atoms with Crippen LogP contribution in [0.2, 0.25) is 0 Å². The molecule has 0 saturated carbocycles. The highest BCUT2D eigenvalue weighted by molar-refractivity contribution is 5.75. The Hall–Kier alpha value is -1.10. The van der Waals surface area contributed by atoms with E-state index in [2.05, 4.69) is 14.8 Å². The Morgan fingerprint density at radius 3 is 2.43 bits per heavy atom. The summed E-state index contributed by atoms with van der Waals surface area (Å²) < 4.78 is 8.99. The van der Waals surface area contributed by atoms with Gasteiger partial charge in [-0.05, 0) is 19.9 Å². The third-order valence-electron chi connectivity index (χ3n) is 1.79. The van der Waals surface area contributed by atoms with Crippen LogP contribution in [0.3, 0.4) is 0 Å². The van der Waals surface area contributed by atoms with Crippen molar-refractivity contribution in [3.8, 4) is 0 Å². The number of methoxy groups -OCH3 is 2. The summed E-state index contributed by atoms with van der Waals surface area (Å²) in [5.41, 5.74) is 0. The third kappa shape index (κ3) is 5.53. The molecule has 0 bridgehead atoms. The molecule has 14 heavy (non-hydrogen) atoms. The van der Waals surface area contributed by atoms with Gasteiger partial charge in [0.1, 0.15) is 6.04 Å². The lowest BCUT2D eigenvalue weighted by Gasteiger charge is -2.10. The number of carbonyl (C=O) groups excluding carboxylic acids is 2. The standard InChI is InChI=1S/C9H17NO4/c1-7(9(12)14-3)10-6-4-5-8(11)13-2/h7,10H,4-6H2,1-3H3. The average Bonchev–Trinajstić information content (AvgIpc) is 2.22. The molecule has 0 radical (unpaired) electrons. The number of rotatable bonds is 6. The number of esters is 2. The van der Waals surface area contributed by atoms with E-state index < -0.39 is 0 Å². The smallest absolute Gasteiger partial charge is 0.322 e. The zero-order valence-corrected chi connectivity index (χ0v) is 8.83. The molecule has 82 valence electrons. The summed E-state index contributed by atoms with van der Waals surface area (Å²) in [5.74, 6) is -0.541. The second kappa shape index (κ2) is 7.32. The second-order valence-corrected chi connectivity index (χ2v) is 2.88. The summed E-state index contributed by atoms with van der Waals surface area (Å²) in [4.78, 5) is 21.6. The van der Waals surface area contributed by atoms with Crippen LogP contribution in [0.5, 0.6) is 0 Å². The van der Waals surface area contributed by atoms with Crippen molar-refractivity contribution in [2.45, 2.75) is 25.8 Å². The molecule has 5 heteroatoms. The maximum Gasteiger partial charge on any atom is 0.322 e. The fourth-order valence-corrected chi connectivity index (χ4v) is 0.913. The monoisotopic (exact) mass is 203 g/mol. The maximum absolute atomic E-state index is 10.9. The Morgan fingerprint density at radius 1 is 1.29 bits per heavy atom. The highest BCUT2D eigenvalue weighted by Gasteiger charge is 2.11. The molecule has 1 atom stereocenters. The summed E-state index contributed by atoms with van der Waals surface area (Å²) in [6.45, 7) is 2.30. The fourth-order valence-electron chi connectivity index (χ4n) is 0.913. The van der Waals surface area contributed by atoms with Crippen LogP contribution in [0, 0.1) is 0 Å². The van der Waals surface area contributed by atoms with Gasteiger partial charge in [0.25, 0.3) is 0 Å². The van der Waals surface area contributed by atoms with E-state index >= 15 is 0 Å². The molecule has 0 aromatic rings. The average molecular weight is 203 g/mol. The van der Waals surface area contributed by atoms with Crippen LogP contribution in [0.25, 0.3) is 0 Å². The molecular formula is C9H17NO4. The van der Waals surface area contributed by atoms with Crippen LogP contribution in [0.4, 0.5) is 0 Å². The number of carbonyl (C=O) groups is 2. The van der Waals surface area contributed by atoms with Crippen molar-refractivity contribution < 1.29 is 19.1 Å². The van der Waals surface area contributed by atoms with Gasteiger partial charge in [-0.25, -0.2) is 0 Å². The molecule has 0 aliphatic rings. The van der Waals surface area contributed by atoms with Crippen molar-refractivity contribution in [1.29, 1.82) is 0 Å². The van der Waals surface area contributed by atoms with Gasteiger partial charge in [-0.15, -0.1) is 0 Å². The predicted octanol–water partition coefficient (Wildman–Crippen LogP) is 0.0907. The van der Waals surface area contributed by atoms with Gasteiger partial charge in [0.05, 0.1) is 14.2 Å². The minimum atomic E-state index is -0.336. The van der Waals surface area contributed by atoms with Crippen LogP contribution in [0.15, 0.2) is 0 Å². The number of nitrogens with one attached hydrogen (secondary N) is 1. The summed E-state index contributed by atoms with van der Waals surface area (Å²) >= 11 is 0. The topological polar surface area (TPSA) is 64.6 Å². The Kier molecular flexibility index (Phi) is 6.74. The second-order valence-electron chi connectivity index (χ2n) is 2.88. The predicted molar refractivity (Wildman–Crippen MR) is 50.7 cm³/mol. The molecule has 0 aliphatic carbocycles. The Balaban J connectivity index is 3.45. The zero-order valence-electron chi connectivity index (χ0n) is 8.83. The third-order valence-corrected chi connectivity index (χ3v) is 1.79. The van der Waals surface area contributed by atoms with Crippen molar-refractivity contribution in [3.63, 3.8) is 0 Å². The van der Waals surface area contributed by atoms with E-state index in [1.54, 1.807) is 6.92 Å². The van der Waals surface area contributed by atoms with E-state index in [9.17, 15) is 9.59 Å². The summed E-state index contributed by atoms with van der Waals surface area (Å²) in [6, 6.07) is -0.336. The van der Waals surface area contributed by atoms with E-state index in [0.717, 1.165) is 0 Å². The van der Waals surface area contributed by atoms with Gasteiger partial charge in [0.2, 0.25) is 0 Å². The van der Waals surface area contributed by atoms with E-state index in [1.165, 1.54) is 14.2 Å². The molecule has 1 N–H and O–H groups in total. The molecule has 0 saturated heterocycles. The van der Waals surface area contributed by atoms with E-state index in [4.69, 9.17) is 0 Å². The SMILES string of the molecule is COC(=O)CCCNC(C)C(=O)OC. The van der Waals surface area contributed by atoms with Crippen molar-refractivity contribution in [3.05, 3.63) is 0 Å². The lowest BCUT2D eigenvalue weighted by Crippen LogP contribution is -2.35. The van der Waals surface area contributed by atoms with Gasteiger partial charge in [-0.3, -0.25) is 9.59 Å². The molecule has 5 nitrogen and oxygen atoms in total. The van der Waals surface area contributed by atoms with Gasteiger partial charge >= 0.3 is 11.9 Å². The first kappa shape index (κ1) is 12.9.